The maximum absolute atomic E-state index is 15.4. The minimum Gasteiger partial charge on any atom is -0.460 e. The minimum absolute atomic E-state index is 0.0226. The van der Waals surface area contributed by atoms with Gasteiger partial charge in [-0.1, -0.05) is 59.7 Å². The van der Waals surface area contributed by atoms with Gasteiger partial charge in [0.05, 0.1) is 42.8 Å². The number of nitrogens with one attached hydrogen (secondary N) is 1. The first-order valence-electron chi connectivity index (χ1n) is 20.0. The molecule has 332 valence electrons. The van der Waals surface area contributed by atoms with Gasteiger partial charge in [0.15, 0.2) is 17.5 Å². The summed E-state index contributed by atoms with van der Waals surface area (Å²) in [4.78, 5) is 82.7. The van der Waals surface area contributed by atoms with Crippen LogP contribution in [-0.2, 0) is 47.5 Å². The number of carbonyl (C=O) groups excluding carboxylic acids is 6. The fraction of sp³-hybridized carbons (Fsp3) is 0.674. The third-order valence-corrected chi connectivity index (χ3v) is 12.7. The van der Waals surface area contributed by atoms with Crippen LogP contribution in [0.15, 0.2) is 41.7 Å². The van der Waals surface area contributed by atoms with Gasteiger partial charge in [0.1, 0.15) is 29.5 Å². The van der Waals surface area contributed by atoms with Crippen LogP contribution in [0.4, 0.5) is 9.59 Å². The Morgan fingerprint density at radius 3 is 2.12 bits per heavy atom. The first kappa shape index (κ1) is 46.5. The first-order chi connectivity index (χ1) is 27.6. The van der Waals surface area contributed by atoms with Crippen molar-refractivity contribution in [3.63, 3.8) is 0 Å². The summed E-state index contributed by atoms with van der Waals surface area (Å²) in [6.45, 7) is 16.6. The second-order valence-corrected chi connectivity index (χ2v) is 19.1. The van der Waals surface area contributed by atoms with Crippen molar-refractivity contribution in [2.45, 2.75) is 142 Å². The van der Waals surface area contributed by atoms with Gasteiger partial charge in [-0.15, -0.1) is 0 Å². The SMILES string of the molecule is COC(=O)OC12COC1CC(O)C1(C)C(=O)C(OC(C)=O)=C3C(C)C(OC(=O)C(O)C(NC(=O)OC(C)(C)C)C(C)(C)C)CC(O)(C(OC(=O)c4ccccc4)C21)C3(C)C. The minimum atomic E-state index is -2.42. The van der Waals surface area contributed by atoms with Gasteiger partial charge >= 0.3 is 30.2 Å². The zero-order valence-electron chi connectivity index (χ0n) is 36.3. The molecule has 4 aliphatic rings. The second kappa shape index (κ2) is 16.0. The van der Waals surface area contributed by atoms with Crippen LogP contribution >= 0.6 is 0 Å². The van der Waals surface area contributed by atoms with Crippen molar-refractivity contribution in [1.82, 2.24) is 5.32 Å². The fourth-order valence-corrected chi connectivity index (χ4v) is 9.51. The lowest BCUT2D eigenvalue weighted by Crippen LogP contribution is -2.81. The maximum Gasteiger partial charge on any atom is 0.508 e. The van der Waals surface area contributed by atoms with Gasteiger partial charge in [-0.05, 0) is 50.8 Å². The van der Waals surface area contributed by atoms with Crippen molar-refractivity contribution in [2.75, 3.05) is 13.7 Å². The quantitative estimate of drug-likeness (QED) is 0.214. The Hall–Kier alpha value is -4.58. The molecule has 1 amide bonds. The number of aliphatic hydroxyl groups is 3. The second-order valence-electron chi connectivity index (χ2n) is 19.1. The number of methoxy groups -OCH3 is 1. The molecular formula is C43H59NO16. The number of ketones is 1. The molecular weight excluding hydrogens is 786 g/mol. The van der Waals surface area contributed by atoms with E-state index < -0.39 is 130 Å². The molecule has 1 heterocycles. The van der Waals surface area contributed by atoms with E-state index in [-0.39, 0.29) is 24.2 Å². The van der Waals surface area contributed by atoms with Gasteiger partial charge in [-0.25, -0.2) is 19.2 Å². The molecule has 2 bridgehead atoms. The predicted octanol–water partition coefficient (Wildman–Crippen LogP) is 3.93. The Labute approximate surface area is 349 Å². The lowest BCUT2D eigenvalue weighted by atomic mass is 9.45. The monoisotopic (exact) mass is 845 g/mol. The summed E-state index contributed by atoms with van der Waals surface area (Å²) in [6.07, 6.45) is -10.9. The smallest absolute Gasteiger partial charge is 0.460 e. The molecule has 1 aromatic rings. The van der Waals surface area contributed by atoms with E-state index in [0.717, 1.165) is 14.0 Å². The number of hydrogen-bond donors (Lipinski definition) is 4. The molecule has 4 N–H and O–H groups in total. The highest BCUT2D eigenvalue weighted by Gasteiger charge is 2.78. The molecule has 0 spiro atoms. The van der Waals surface area contributed by atoms with Crippen LogP contribution in [0.5, 0.6) is 0 Å². The molecule has 11 atom stereocenters. The van der Waals surface area contributed by atoms with E-state index in [0.29, 0.717) is 0 Å². The van der Waals surface area contributed by atoms with Crippen molar-refractivity contribution in [1.29, 1.82) is 0 Å². The van der Waals surface area contributed by atoms with Gasteiger partial charge in [-0.3, -0.25) is 9.59 Å². The van der Waals surface area contributed by atoms with Crippen molar-refractivity contribution in [3.8, 4) is 0 Å². The molecule has 3 aliphatic carbocycles. The summed E-state index contributed by atoms with van der Waals surface area (Å²) in [7, 11) is 1.06. The summed E-state index contributed by atoms with van der Waals surface area (Å²) < 4.78 is 40.2. The number of esters is 3. The molecule has 1 saturated heterocycles. The summed E-state index contributed by atoms with van der Waals surface area (Å²) in [5.41, 5.74) is -9.96. The molecule has 5 rings (SSSR count). The first-order valence-corrected chi connectivity index (χ1v) is 20.0. The van der Waals surface area contributed by atoms with Crippen molar-refractivity contribution in [2.24, 2.45) is 28.1 Å². The van der Waals surface area contributed by atoms with Crippen LogP contribution in [0.2, 0.25) is 0 Å². The number of fused-ring (bicyclic) bond motifs is 5. The summed E-state index contributed by atoms with van der Waals surface area (Å²) in [6, 6.07) is 6.50. The van der Waals surface area contributed by atoms with Crippen LogP contribution < -0.4 is 5.32 Å². The topological polar surface area (TPSA) is 240 Å². The molecule has 60 heavy (non-hydrogen) atoms. The molecule has 0 aromatic heterocycles. The van der Waals surface area contributed by atoms with Crippen molar-refractivity contribution in [3.05, 3.63) is 47.2 Å². The van der Waals surface area contributed by atoms with Gasteiger partial charge in [0.2, 0.25) is 5.78 Å². The largest absolute Gasteiger partial charge is 0.508 e. The summed E-state index contributed by atoms with van der Waals surface area (Å²) >= 11 is 0. The molecule has 17 nitrogen and oxygen atoms in total. The normalized spacial score (nSPS) is 33.1. The van der Waals surface area contributed by atoms with E-state index in [1.165, 1.54) is 32.9 Å². The number of aliphatic hydroxyl groups excluding tert-OH is 2. The van der Waals surface area contributed by atoms with E-state index in [1.807, 2.05) is 0 Å². The number of carbonyl (C=O) groups is 6. The lowest BCUT2D eigenvalue weighted by molar-refractivity contribution is -0.343. The number of allylic oxidation sites excluding steroid dienone is 1. The number of Topliss-reactive ketones (excluding diaryl/α,β-unsaturated/α-hetero) is 1. The third-order valence-electron chi connectivity index (χ3n) is 12.7. The zero-order chi connectivity index (χ0) is 45.1. The number of alkyl carbamates (subject to hydrolysis) is 1. The van der Waals surface area contributed by atoms with Gasteiger partial charge in [0.25, 0.3) is 0 Å². The van der Waals surface area contributed by atoms with Crippen molar-refractivity contribution < 1.29 is 77.2 Å². The van der Waals surface area contributed by atoms with Gasteiger partial charge in [-0.2, -0.15) is 0 Å². The highest BCUT2D eigenvalue weighted by atomic mass is 16.8. The summed E-state index contributed by atoms with van der Waals surface area (Å²) in [5.74, 6) is -7.32. The van der Waals surface area contributed by atoms with E-state index in [4.69, 9.17) is 33.2 Å². The van der Waals surface area contributed by atoms with Crippen LogP contribution in [0.25, 0.3) is 0 Å². The molecule has 11 unspecified atom stereocenters. The average molecular weight is 846 g/mol. The zero-order valence-corrected chi connectivity index (χ0v) is 36.3. The standard InChI is InChI=1S/C43H59NO16/c1-21-24(57-35(50)28(47)31(38(3,4)5)44-36(51)59-39(6,7)8)19-43(53)33(58-34(49)23-16-14-13-15-17-23)30-41(11,32(48)29(56-22(2)45)27(21)40(43,9)10)25(46)18-26-42(30,20-55-26)60-37(52)54-12/h13-17,21,24-26,28,30-31,33,46-47,53H,18-20H2,1-12H3,(H,44,51). The number of benzene rings is 1. The highest BCUT2D eigenvalue weighted by Crippen LogP contribution is 2.65. The lowest BCUT2D eigenvalue weighted by Gasteiger charge is -2.67. The van der Waals surface area contributed by atoms with Crippen LogP contribution in [-0.4, -0.2) is 118 Å². The molecule has 1 aromatic carbocycles. The van der Waals surface area contributed by atoms with Crippen molar-refractivity contribution >= 4 is 35.9 Å². The molecule has 0 radical (unpaired) electrons. The number of ether oxygens (including phenoxy) is 7. The maximum atomic E-state index is 15.4. The van der Waals surface area contributed by atoms with Gasteiger partial charge in [0, 0.05) is 31.1 Å². The average Bonchev–Trinajstić information content (AvgIpc) is 3.13. The Balaban J connectivity index is 1.74. The van der Waals surface area contributed by atoms with E-state index >= 15 is 4.79 Å². The number of rotatable bonds is 8. The Kier molecular flexibility index (Phi) is 12.4. The van der Waals surface area contributed by atoms with E-state index in [1.54, 1.807) is 66.7 Å². The molecule has 17 heteroatoms. The van der Waals surface area contributed by atoms with Crippen LogP contribution in [0, 0.1) is 28.1 Å². The van der Waals surface area contributed by atoms with E-state index in [2.05, 4.69) is 5.32 Å². The van der Waals surface area contributed by atoms with E-state index in [9.17, 15) is 39.3 Å². The summed E-state index contributed by atoms with van der Waals surface area (Å²) in [5, 5.41) is 39.8. The fourth-order valence-electron chi connectivity index (χ4n) is 9.51. The van der Waals surface area contributed by atoms with Crippen LogP contribution in [0.1, 0.15) is 99.4 Å². The van der Waals surface area contributed by atoms with Crippen LogP contribution in [0.3, 0.4) is 0 Å². The highest BCUT2D eigenvalue weighted by molar-refractivity contribution is 6.02. The van der Waals surface area contributed by atoms with Gasteiger partial charge < -0.3 is 53.8 Å². The Morgan fingerprint density at radius 2 is 1.60 bits per heavy atom. The Morgan fingerprint density at radius 1 is 0.983 bits per heavy atom. The number of hydrogen-bond acceptors (Lipinski definition) is 16. The number of amides is 1. The third kappa shape index (κ3) is 8.00. The Bertz CT molecular complexity index is 1910. The predicted molar refractivity (Wildman–Crippen MR) is 209 cm³/mol. The molecule has 2 saturated carbocycles. The molecule has 3 fully saturated rings. The molecule has 1 aliphatic heterocycles.